The fourth-order valence-electron chi connectivity index (χ4n) is 3.36. The summed E-state index contributed by atoms with van der Waals surface area (Å²) in [6.07, 6.45) is 3.45. The lowest BCUT2D eigenvalue weighted by Crippen LogP contribution is -2.29. The van der Waals surface area contributed by atoms with E-state index in [0.717, 1.165) is 12.8 Å². The molecule has 1 N–H and O–H groups in total. The first kappa shape index (κ1) is 23.9. The lowest BCUT2D eigenvalue weighted by atomic mass is 10.2. The van der Waals surface area contributed by atoms with E-state index in [4.69, 9.17) is 16.9 Å². The number of halogens is 1. The highest BCUT2D eigenvalue weighted by Gasteiger charge is 2.31. The number of nitrogens with zero attached hydrogens (tertiary/aromatic N) is 5. The van der Waals surface area contributed by atoms with Crippen LogP contribution in [-0.4, -0.2) is 39.3 Å². The predicted octanol–water partition coefficient (Wildman–Crippen LogP) is 3.74. The lowest BCUT2D eigenvalue weighted by molar-refractivity contribution is 0.0937. The number of carbonyl (C=O) groups is 1. The molecule has 9 nitrogen and oxygen atoms in total. The molecule has 1 fully saturated rings. The van der Waals surface area contributed by atoms with Gasteiger partial charge >= 0.3 is 0 Å². The molecule has 0 aliphatic heterocycles. The van der Waals surface area contributed by atoms with Crippen molar-refractivity contribution in [2.45, 2.75) is 55.7 Å². The molecule has 34 heavy (non-hydrogen) atoms. The van der Waals surface area contributed by atoms with Crippen LogP contribution in [0.15, 0.2) is 41.4 Å². The van der Waals surface area contributed by atoms with Gasteiger partial charge in [-0.2, -0.15) is 9.94 Å². The Labute approximate surface area is 202 Å². The second-order valence-electron chi connectivity index (χ2n) is 8.50. The van der Waals surface area contributed by atoms with Crippen LogP contribution in [0.4, 0.5) is 0 Å². The van der Waals surface area contributed by atoms with Crippen molar-refractivity contribution in [3.8, 4) is 11.9 Å². The normalized spacial score (nSPS) is 14.6. The standard InChI is InChI=1S/C23H23ClN6O3S/c1-13(2)34(32,33)19-9-17(8-18(24)10-19)23(31)27-14(3)22-28-21(16-5-6-16)29-30(22)20-7-4-15(11-25)12-26-20/h4,7-10,12-14,16H,5-6H2,1-3H3,(H,27,31)/t14-/m0/s1. The Morgan fingerprint density at radius 3 is 2.56 bits per heavy atom. The van der Waals surface area contributed by atoms with Crippen molar-refractivity contribution in [3.05, 3.63) is 64.3 Å². The Bertz CT molecular complexity index is 1390. The number of rotatable bonds is 7. The molecule has 2 heterocycles. The van der Waals surface area contributed by atoms with Crippen molar-refractivity contribution in [1.29, 1.82) is 5.26 Å². The Morgan fingerprint density at radius 2 is 1.97 bits per heavy atom. The van der Waals surface area contributed by atoms with Gasteiger partial charge in [-0.25, -0.2) is 18.4 Å². The maximum atomic E-state index is 13.0. The first-order valence-corrected chi connectivity index (χ1v) is 12.7. The third-order valence-electron chi connectivity index (χ3n) is 5.50. The maximum Gasteiger partial charge on any atom is 0.251 e. The maximum absolute atomic E-state index is 13.0. The summed E-state index contributed by atoms with van der Waals surface area (Å²) in [4.78, 5) is 22.0. The van der Waals surface area contributed by atoms with Gasteiger partial charge in [0.2, 0.25) is 0 Å². The fraction of sp³-hybridized carbons (Fsp3) is 0.348. The second-order valence-corrected chi connectivity index (χ2v) is 11.4. The van der Waals surface area contributed by atoms with E-state index in [1.54, 1.807) is 37.6 Å². The second kappa shape index (κ2) is 9.16. The first-order chi connectivity index (χ1) is 16.1. The molecule has 3 aromatic rings. The Balaban J connectivity index is 1.64. The van der Waals surface area contributed by atoms with Crippen molar-refractivity contribution in [2.24, 2.45) is 0 Å². The summed E-state index contributed by atoms with van der Waals surface area (Å²) in [6.45, 7) is 4.90. The fourth-order valence-corrected chi connectivity index (χ4v) is 4.78. The van der Waals surface area contributed by atoms with Gasteiger partial charge in [-0.05, 0) is 63.9 Å². The molecule has 4 rings (SSSR count). The summed E-state index contributed by atoms with van der Waals surface area (Å²) in [5.41, 5.74) is 0.547. The minimum Gasteiger partial charge on any atom is -0.342 e. The highest BCUT2D eigenvalue weighted by atomic mass is 35.5. The van der Waals surface area contributed by atoms with Crippen molar-refractivity contribution < 1.29 is 13.2 Å². The van der Waals surface area contributed by atoms with Crippen LogP contribution in [-0.2, 0) is 9.84 Å². The zero-order chi connectivity index (χ0) is 24.6. The summed E-state index contributed by atoms with van der Waals surface area (Å²) in [5, 5.41) is 16.0. The van der Waals surface area contributed by atoms with Gasteiger partial charge in [-0.3, -0.25) is 4.79 Å². The van der Waals surface area contributed by atoms with E-state index < -0.39 is 27.0 Å². The average Bonchev–Trinajstić information content (AvgIpc) is 3.56. The number of hydrogen-bond donors (Lipinski definition) is 1. The molecule has 0 bridgehead atoms. The van der Waals surface area contributed by atoms with Crippen LogP contribution in [0, 0.1) is 11.3 Å². The van der Waals surface area contributed by atoms with Gasteiger partial charge < -0.3 is 5.32 Å². The Hall–Kier alpha value is -3.29. The van der Waals surface area contributed by atoms with Crippen molar-refractivity contribution >= 4 is 27.3 Å². The van der Waals surface area contributed by atoms with Crippen LogP contribution in [0.1, 0.15) is 73.1 Å². The van der Waals surface area contributed by atoms with Gasteiger partial charge in [-0.15, -0.1) is 5.10 Å². The molecule has 176 valence electrons. The molecule has 1 aliphatic carbocycles. The van der Waals surface area contributed by atoms with E-state index >= 15 is 0 Å². The number of hydrogen-bond acceptors (Lipinski definition) is 7. The number of pyridine rings is 1. The van der Waals surface area contributed by atoms with E-state index in [-0.39, 0.29) is 21.4 Å². The summed E-state index contributed by atoms with van der Waals surface area (Å²) < 4.78 is 26.7. The molecule has 0 spiro atoms. The third kappa shape index (κ3) is 4.81. The molecule has 1 aliphatic rings. The van der Waals surface area contributed by atoms with Crippen LogP contribution >= 0.6 is 11.6 Å². The predicted molar refractivity (Wildman–Crippen MR) is 125 cm³/mol. The largest absolute Gasteiger partial charge is 0.342 e. The molecule has 0 saturated heterocycles. The number of benzene rings is 1. The van der Waals surface area contributed by atoms with Crippen molar-refractivity contribution in [1.82, 2.24) is 25.1 Å². The molecule has 1 amide bonds. The quantitative estimate of drug-likeness (QED) is 0.525. The SMILES string of the molecule is CC(C)S(=O)(=O)c1cc(Cl)cc(C(=O)N[C@@H](C)c2nc(C3CC3)nn2-c2ccc(C#N)cn2)c1. The summed E-state index contributed by atoms with van der Waals surface area (Å²) in [7, 11) is -3.61. The van der Waals surface area contributed by atoms with Crippen LogP contribution in [0.25, 0.3) is 5.82 Å². The van der Waals surface area contributed by atoms with Gasteiger partial charge in [0.15, 0.2) is 27.3 Å². The lowest BCUT2D eigenvalue weighted by Gasteiger charge is -2.15. The minimum atomic E-state index is -3.61. The van der Waals surface area contributed by atoms with E-state index in [0.29, 0.717) is 23.0 Å². The molecular weight excluding hydrogens is 476 g/mol. The molecule has 0 unspecified atom stereocenters. The van der Waals surface area contributed by atoms with Crippen LogP contribution in [0.2, 0.25) is 5.02 Å². The number of aromatic nitrogens is 4. The number of sulfone groups is 1. The smallest absolute Gasteiger partial charge is 0.251 e. The average molecular weight is 499 g/mol. The summed E-state index contributed by atoms with van der Waals surface area (Å²) >= 11 is 6.13. The van der Waals surface area contributed by atoms with Gasteiger partial charge in [0.25, 0.3) is 5.91 Å². The topological polar surface area (TPSA) is 131 Å². The van der Waals surface area contributed by atoms with Crippen molar-refractivity contribution in [2.75, 3.05) is 0 Å². The minimum absolute atomic E-state index is 0.00577. The number of nitrogens with one attached hydrogen (secondary N) is 1. The van der Waals surface area contributed by atoms with Crippen LogP contribution < -0.4 is 5.32 Å². The number of amides is 1. The molecule has 1 atom stereocenters. The van der Waals surface area contributed by atoms with Gasteiger partial charge in [0.1, 0.15) is 6.07 Å². The molecule has 11 heteroatoms. The summed E-state index contributed by atoms with van der Waals surface area (Å²) in [5.74, 6) is 1.41. The monoisotopic (exact) mass is 498 g/mol. The van der Waals surface area contributed by atoms with E-state index in [2.05, 4.69) is 20.4 Å². The van der Waals surface area contributed by atoms with Crippen LogP contribution in [0.5, 0.6) is 0 Å². The van der Waals surface area contributed by atoms with E-state index in [1.165, 1.54) is 24.4 Å². The van der Waals surface area contributed by atoms with Crippen molar-refractivity contribution in [3.63, 3.8) is 0 Å². The number of carbonyl (C=O) groups excluding carboxylic acids is 1. The molecule has 1 saturated carbocycles. The molecule has 2 aromatic heterocycles. The van der Waals surface area contributed by atoms with E-state index in [1.807, 2.05) is 6.07 Å². The highest BCUT2D eigenvalue weighted by molar-refractivity contribution is 7.92. The third-order valence-corrected chi connectivity index (χ3v) is 7.85. The van der Waals surface area contributed by atoms with E-state index in [9.17, 15) is 13.2 Å². The Kier molecular flexibility index (Phi) is 6.43. The number of nitriles is 1. The van der Waals surface area contributed by atoms with Gasteiger partial charge in [-0.1, -0.05) is 11.6 Å². The zero-order valence-corrected chi connectivity index (χ0v) is 20.4. The van der Waals surface area contributed by atoms with Crippen LogP contribution in [0.3, 0.4) is 0 Å². The molecular formula is C23H23ClN6O3S. The first-order valence-electron chi connectivity index (χ1n) is 10.8. The highest BCUT2D eigenvalue weighted by Crippen LogP contribution is 2.38. The summed E-state index contributed by atoms with van der Waals surface area (Å²) in [6, 6.07) is 8.84. The van der Waals surface area contributed by atoms with Gasteiger partial charge in [0.05, 0.1) is 21.8 Å². The molecule has 0 radical (unpaired) electrons. The Morgan fingerprint density at radius 1 is 1.24 bits per heavy atom. The molecule has 1 aromatic carbocycles. The van der Waals surface area contributed by atoms with Gasteiger partial charge in [0, 0.05) is 22.7 Å². The zero-order valence-electron chi connectivity index (χ0n) is 18.9.